The van der Waals surface area contributed by atoms with E-state index in [1.807, 2.05) is 0 Å². The molecule has 0 saturated heterocycles. The van der Waals surface area contributed by atoms with Crippen molar-refractivity contribution >= 4 is 71.2 Å². The van der Waals surface area contributed by atoms with Crippen LogP contribution in [0.2, 0.25) is 0 Å². The summed E-state index contributed by atoms with van der Waals surface area (Å²) in [7, 11) is 0. The number of anilines is 3. The van der Waals surface area contributed by atoms with Gasteiger partial charge in [0.05, 0.1) is 28.1 Å². The zero-order valence-electron chi connectivity index (χ0n) is 56.8. The number of rotatable bonds is 7. The summed E-state index contributed by atoms with van der Waals surface area (Å²) < 4.78 is 2.55. The lowest BCUT2D eigenvalue weighted by atomic mass is 9.78. The highest BCUT2D eigenvalue weighted by molar-refractivity contribution is 6.27. The fraction of sp³-hybridized carbons (Fsp3) is 0.326. The van der Waals surface area contributed by atoms with E-state index in [9.17, 15) is 0 Å². The highest BCUT2D eigenvalue weighted by Crippen LogP contribution is 2.50. The molecular weight excluding hydrogens is 1060 g/mol. The molecule has 2 heteroatoms. The van der Waals surface area contributed by atoms with Crippen LogP contribution in [0.5, 0.6) is 0 Å². The van der Waals surface area contributed by atoms with Crippen LogP contribution < -0.4 is 4.90 Å². The summed E-state index contributed by atoms with van der Waals surface area (Å²) in [5.41, 5.74) is 23.6. The monoisotopic (exact) mass is 1150 g/mol. The fourth-order valence-electron chi connectivity index (χ4n) is 13.2. The molecule has 1 aromatic heterocycles. The molecule has 0 aliphatic carbocycles. The van der Waals surface area contributed by atoms with Gasteiger partial charge in [-0.2, -0.15) is 0 Å². The van der Waals surface area contributed by atoms with Crippen molar-refractivity contribution in [1.82, 2.24) is 4.57 Å². The molecule has 12 rings (SSSR count). The number of hydrogen-bond donors (Lipinski definition) is 0. The van der Waals surface area contributed by atoms with Gasteiger partial charge in [0.1, 0.15) is 0 Å². The van der Waals surface area contributed by atoms with Crippen LogP contribution in [0.1, 0.15) is 184 Å². The van der Waals surface area contributed by atoms with E-state index in [1.54, 1.807) is 0 Å². The molecule has 0 aliphatic rings. The minimum atomic E-state index is -0.119. The molecular formula is C86H94N2. The maximum Gasteiger partial charge on any atom is 0.0543 e. The average Bonchev–Trinajstić information content (AvgIpc) is 1.26. The maximum absolute atomic E-state index is 2.59. The van der Waals surface area contributed by atoms with Crippen LogP contribution in [0.4, 0.5) is 17.1 Å². The molecule has 2 nitrogen and oxygen atoms in total. The number of benzene rings is 11. The Morgan fingerprint density at radius 2 is 0.670 bits per heavy atom. The SMILES string of the molecule is CC(C)(C)c1cc(-c2cccc(-c3ccc(N(c4cc(C(C)(C)C)ccc4-c4cc(C(C)(C)C)cc(C(C)(C)C)c4)c4ccc5ccc6c(-n7c8ccc(C(C)(C)C)cc8c8cc(C(C)(C)C)ccc87)ccc7ccc4c5c76)cc3)c2)cc(C(C)(C)C)c1. The summed E-state index contributed by atoms with van der Waals surface area (Å²) in [4.78, 5) is 2.59. The van der Waals surface area contributed by atoms with Crippen molar-refractivity contribution in [1.29, 1.82) is 0 Å². The van der Waals surface area contributed by atoms with Crippen LogP contribution in [0.25, 0.3) is 93.2 Å². The quantitative estimate of drug-likeness (QED) is 0.144. The Balaban J connectivity index is 1.11. The van der Waals surface area contributed by atoms with Gasteiger partial charge in [-0.25, -0.2) is 0 Å². The van der Waals surface area contributed by atoms with Gasteiger partial charge < -0.3 is 9.47 Å². The van der Waals surface area contributed by atoms with E-state index in [2.05, 4.69) is 343 Å². The Bertz CT molecular complexity index is 4540. The average molecular weight is 1160 g/mol. The molecule has 0 N–H and O–H groups in total. The molecule has 0 unspecified atom stereocenters. The third kappa shape index (κ3) is 11.0. The van der Waals surface area contributed by atoms with Crippen LogP contribution in [0.15, 0.2) is 188 Å². The maximum atomic E-state index is 2.59. The van der Waals surface area contributed by atoms with E-state index in [4.69, 9.17) is 0 Å². The second-order valence-corrected chi connectivity index (χ2v) is 32.9. The lowest BCUT2D eigenvalue weighted by molar-refractivity contribution is 0.568. The second kappa shape index (κ2) is 20.8. The molecule has 0 amide bonds. The topological polar surface area (TPSA) is 8.17 Å². The predicted octanol–water partition coefficient (Wildman–Crippen LogP) is 25.2. The summed E-state index contributed by atoms with van der Waals surface area (Å²) in [5, 5.41) is 10.1. The van der Waals surface area contributed by atoms with Crippen molar-refractivity contribution in [2.45, 2.75) is 183 Å². The van der Waals surface area contributed by atoms with Gasteiger partial charge in [-0.05, 0) is 187 Å². The third-order valence-corrected chi connectivity index (χ3v) is 19.0. The molecule has 0 radical (unpaired) electrons. The summed E-state index contributed by atoms with van der Waals surface area (Å²) in [6.45, 7) is 49.0. The van der Waals surface area contributed by atoms with Gasteiger partial charge in [-0.3, -0.25) is 0 Å². The second-order valence-electron chi connectivity index (χ2n) is 32.9. The summed E-state index contributed by atoms with van der Waals surface area (Å²) in [6.07, 6.45) is 0. The van der Waals surface area contributed by atoms with Crippen LogP contribution in [0.3, 0.4) is 0 Å². The number of nitrogens with zero attached hydrogens (tertiary/aromatic N) is 2. The zero-order valence-corrected chi connectivity index (χ0v) is 56.8. The van der Waals surface area contributed by atoms with Crippen LogP contribution in [-0.4, -0.2) is 4.57 Å². The smallest absolute Gasteiger partial charge is 0.0543 e. The van der Waals surface area contributed by atoms with Gasteiger partial charge in [-0.1, -0.05) is 273 Å². The summed E-state index contributed by atoms with van der Waals surface area (Å²) in [6, 6.07) is 73.9. The molecule has 1 heterocycles. The Morgan fingerprint density at radius 3 is 1.16 bits per heavy atom. The van der Waals surface area contributed by atoms with Gasteiger partial charge in [0.25, 0.3) is 0 Å². The van der Waals surface area contributed by atoms with Crippen LogP contribution in [0, 0.1) is 0 Å². The van der Waals surface area contributed by atoms with Gasteiger partial charge in [0.15, 0.2) is 0 Å². The highest BCUT2D eigenvalue weighted by Gasteiger charge is 2.29. The number of hydrogen-bond acceptors (Lipinski definition) is 1. The molecule has 0 bridgehead atoms. The van der Waals surface area contributed by atoms with Gasteiger partial charge in [-0.15, -0.1) is 0 Å². The van der Waals surface area contributed by atoms with E-state index < -0.39 is 0 Å². The Hall–Kier alpha value is -7.94. The highest BCUT2D eigenvalue weighted by atomic mass is 15.1. The number of aromatic nitrogens is 1. The fourth-order valence-corrected chi connectivity index (χ4v) is 13.2. The standard InChI is InChI=1S/C86H94N2/c1-80(2,3)60-32-41-75-71(50-60)72-51-61(81(4,5)6)33-42-76(72)88(75)74-40-30-55-27-36-69-73(39-29-54-28-37-70(74)79(55)78(54)69)87(77-52-62(82(7,8)9)31-38-68(77)59-46-65(85(16,17)18)49-66(47-59)86(19,20)21)67-34-25-53(26-35-67)56-23-22-24-57(43-56)58-44-63(83(10,11)12)48-64(45-58)84(13,14)15/h22-52H,1-21H3. The first-order valence-corrected chi connectivity index (χ1v) is 32.3. The molecule has 0 aliphatic heterocycles. The van der Waals surface area contributed by atoms with Crippen molar-refractivity contribution in [2.75, 3.05) is 4.90 Å². The van der Waals surface area contributed by atoms with Crippen LogP contribution >= 0.6 is 0 Å². The molecule has 11 aromatic carbocycles. The Labute approximate surface area is 527 Å². The molecule has 0 spiro atoms. The third-order valence-electron chi connectivity index (χ3n) is 19.0. The van der Waals surface area contributed by atoms with Gasteiger partial charge in [0, 0.05) is 32.8 Å². The van der Waals surface area contributed by atoms with Crippen LogP contribution in [-0.2, 0) is 37.9 Å². The van der Waals surface area contributed by atoms with Crippen molar-refractivity contribution < 1.29 is 0 Å². The predicted molar refractivity (Wildman–Crippen MR) is 386 cm³/mol. The zero-order chi connectivity index (χ0) is 63.2. The van der Waals surface area contributed by atoms with Crippen molar-refractivity contribution in [3.63, 3.8) is 0 Å². The van der Waals surface area contributed by atoms with Gasteiger partial charge in [0.2, 0.25) is 0 Å². The largest absolute Gasteiger partial charge is 0.309 e. The minimum absolute atomic E-state index is 0.00797. The van der Waals surface area contributed by atoms with Crippen molar-refractivity contribution in [2.24, 2.45) is 0 Å². The first-order valence-electron chi connectivity index (χ1n) is 32.3. The van der Waals surface area contributed by atoms with Crippen molar-refractivity contribution in [3.05, 3.63) is 227 Å². The first-order chi connectivity index (χ1) is 41.0. The molecule has 12 aromatic rings. The lowest BCUT2D eigenvalue weighted by Crippen LogP contribution is -2.18. The van der Waals surface area contributed by atoms with E-state index in [-0.39, 0.29) is 37.9 Å². The molecule has 448 valence electrons. The van der Waals surface area contributed by atoms with E-state index in [0.29, 0.717) is 0 Å². The molecule has 88 heavy (non-hydrogen) atoms. The summed E-state index contributed by atoms with van der Waals surface area (Å²) in [5.74, 6) is 0. The minimum Gasteiger partial charge on any atom is -0.309 e. The number of fused-ring (bicyclic) bond motifs is 3. The van der Waals surface area contributed by atoms with E-state index in [0.717, 1.165) is 17.1 Å². The molecule has 0 saturated carbocycles. The Kier molecular flexibility index (Phi) is 14.3. The normalized spacial score (nSPS) is 13.3. The molecule has 0 atom stereocenters. The molecule has 0 fully saturated rings. The first kappa shape index (κ1) is 60.3. The van der Waals surface area contributed by atoms with E-state index >= 15 is 0 Å². The van der Waals surface area contributed by atoms with E-state index in [1.165, 1.54) is 132 Å². The Morgan fingerprint density at radius 1 is 0.261 bits per heavy atom. The van der Waals surface area contributed by atoms with Crippen molar-refractivity contribution in [3.8, 4) is 39.1 Å². The van der Waals surface area contributed by atoms with Gasteiger partial charge >= 0.3 is 0 Å². The summed E-state index contributed by atoms with van der Waals surface area (Å²) >= 11 is 0. The lowest BCUT2D eigenvalue weighted by Gasteiger charge is -2.32.